The fourth-order valence-electron chi connectivity index (χ4n) is 4.00. The Morgan fingerprint density at radius 1 is 1.17 bits per heavy atom. The van der Waals surface area contributed by atoms with Gasteiger partial charge in [0, 0.05) is 30.5 Å². The summed E-state index contributed by atoms with van der Waals surface area (Å²) in [5.74, 6) is -0.0587. The predicted octanol–water partition coefficient (Wildman–Crippen LogP) is 2.80. The van der Waals surface area contributed by atoms with E-state index in [4.69, 9.17) is 9.84 Å². The number of morpholine rings is 1. The molecule has 0 radical (unpaired) electrons. The number of carbonyl (C=O) groups excluding carboxylic acids is 1. The third-order valence-electron chi connectivity index (χ3n) is 5.67. The monoisotopic (exact) mass is 393 g/mol. The Balaban J connectivity index is 1.65. The Hall–Kier alpha value is -2.93. The summed E-state index contributed by atoms with van der Waals surface area (Å²) in [7, 11) is 1.85. The first kappa shape index (κ1) is 19.4. The molecule has 1 aromatic carbocycles. The van der Waals surface area contributed by atoms with Crippen LogP contribution in [0.5, 0.6) is 0 Å². The highest BCUT2D eigenvalue weighted by molar-refractivity contribution is 5.92. The second-order valence-electron chi connectivity index (χ2n) is 7.61. The zero-order valence-corrected chi connectivity index (χ0v) is 17.4. The van der Waals surface area contributed by atoms with E-state index in [0.29, 0.717) is 32.0 Å². The van der Waals surface area contributed by atoms with Crippen LogP contribution in [0.2, 0.25) is 0 Å². The highest BCUT2D eigenvalue weighted by atomic mass is 16.5. The zero-order chi connectivity index (χ0) is 20.5. The number of amides is 1. The Bertz CT molecular complexity index is 1000. The van der Waals surface area contributed by atoms with Crippen LogP contribution in [0.4, 0.5) is 0 Å². The molecule has 152 valence electrons. The molecule has 7 heteroatoms. The molecule has 4 rings (SSSR count). The van der Waals surface area contributed by atoms with Gasteiger partial charge in [0.05, 0.1) is 31.5 Å². The Labute approximate surface area is 170 Å². The standard InChI is InChI=1S/C22H27N5O2/c1-15-12-19(24-25(15)4)22(28)26-10-11-29-14-20(26)21-16(2)23-27(17(21)3)13-18-8-6-5-7-9-18/h5-9,12,20H,10-11,13-14H2,1-4H3/t20-/m0/s1. The molecule has 0 saturated carbocycles. The molecule has 3 heterocycles. The number of hydrogen-bond acceptors (Lipinski definition) is 4. The van der Waals surface area contributed by atoms with Crippen molar-refractivity contribution in [3.63, 3.8) is 0 Å². The summed E-state index contributed by atoms with van der Waals surface area (Å²) in [5.41, 5.74) is 5.70. The average molecular weight is 393 g/mol. The fourth-order valence-corrected chi connectivity index (χ4v) is 4.00. The van der Waals surface area contributed by atoms with E-state index in [1.807, 2.05) is 54.7 Å². The summed E-state index contributed by atoms with van der Waals surface area (Å²) in [6.45, 7) is 8.27. The molecule has 1 amide bonds. The van der Waals surface area contributed by atoms with E-state index in [0.717, 1.165) is 22.6 Å². The van der Waals surface area contributed by atoms with Crippen molar-refractivity contribution in [1.82, 2.24) is 24.5 Å². The van der Waals surface area contributed by atoms with Gasteiger partial charge in [-0.3, -0.25) is 14.2 Å². The normalized spacial score (nSPS) is 17.0. The van der Waals surface area contributed by atoms with Crippen LogP contribution in [0.25, 0.3) is 0 Å². The van der Waals surface area contributed by atoms with Gasteiger partial charge in [0.15, 0.2) is 5.69 Å². The van der Waals surface area contributed by atoms with Gasteiger partial charge in [0.25, 0.3) is 5.91 Å². The lowest BCUT2D eigenvalue weighted by atomic mass is 10.0. The van der Waals surface area contributed by atoms with Gasteiger partial charge in [-0.2, -0.15) is 10.2 Å². The van der Waals surface area contributed by atoms with E-state index in [1.54, 1.807) is 4.68 Å². The zero-order valence-electron chi connectivity index (χ0n) is 17.4. The average Bonchev–Trinajstić information content (AvgIpc) is 3.20. The van der Waals surface area contributed by atoms with Crippen molar-refractivity contribution in [3.8, 4) is 0 Å². The molecule has 7 nitrogen and oxygen atoms in total. The largest absolute Gasteiger partial charge is 0.377 e. The molecule has 1 aliphatic rings. The van der Waals surface area contributed by atoms with Crippen LogP contribution in [-0.4, -0.2) is 50.1 Å². The number of ether oxygens (including phenoxy) is 1. The molecule has 0 aliphatic carbocycles. The van der Waals surface area contributed by atoms with Crippen LogP contribution in [0, 0.1) is 20.8 Å². The number of hydrogen-bond donors (Lipinski definition) is 0. The Kier molecular flexibility index (Phi) is 5.24. The van der Waals surface area contributed by atoms with Crippen molar-refractivity contribution in [2.75, 3.05) is 19.8 Å². The summed E-state index contributed by atoms with van der Waals surface area (Å²) >= 11 is 0. The SMILES string of the molecule is Cc1nn(Cc2ccccc2)c(C)c1[C@@H]1COCCN1C(=O)c1cc(C)n(C)n1. The molecule has 1 saturated heterocycles. The van der Waals surface area contributed by atoms with E-state index < -0.39 is 0 Å². The molecule has 0 N–H and O–H groups in total. The molecule has 1 aliphatic heterocycles. The van der Waals surface area contributed by atoms with Gasteiger partial charge >= 0.3 is 0 Å². The first-order chi connectivity index (χ1) is 14.0. The lowest BCUT2D eigenvalue weighted by molar-refractivity contribution is -0.00339. The summed E-state index contributed by atoms with van der Waals surface area (Å²) in [6, 6.07) is 11.9. The van der Waals surface area contributed by atoms with Gasteiger partial charge < -0.3 is 9.64 Å². The minimum Gasteiger partial charge on any atom is -0.377 e. The van der Waals surface area contributed by atoms with Crippen LogP contribution >= 0.6 is 0 Å². The van der Waals surface area contributed by atoms with Crippen molar-refractivity contribution < 1.29 is 9.53 Å². The van der Waals surface area contributed by atoms with Gasteiger partial charge in [0.1, 0.15) is 0 Å². The number of benzene rings is 1. The van der Waals surface area contributed by atoms with Crippen molar-refractivity contribution in [3.05, 3.63) is 70.3 Å². The van der Waals surface area contributed by atoms with Gasteiger partial charge in [-0.15, -0.1) is 0 Å². The molecule has 1 atom stereocenters. The number of carbonyl (C=O) groups is 1. The molecule has 0 bridgehead atoms. The second-order valence-corrected chi connectivity index (χ2v) is 7.61. The number of nitrogens with zero attached hydrogens (tertiary/aromatic N) is 5. The van der Waals surface area contributed by atoms with Gasteiger partial charge in [-0.05, 0) is 32.4 Å². The highest BCUT2D eigenvalue weighted by Gasteiger charge is 2.34. The summed E-state index contributed by atoms with van der Waals surface area (Å²) in [4.78, 5) is 15.1. The van der Waals surface area contributed by atoms with Gasteiger partial charge in [-0.1, -0.05) is 30.3 Å². The van der Waals surface area contributed by atoms with Gasteiger partial charge in [0.2, 0.25) is 0 Å². The lowest BCUT2D eigenvalue weighted by Gasteiger charge is -2.35. The quantitative estimate of drug-likeness (QED) is 0.684. The molecule has 0 unspecified atom stereocenters. The number of aromatic nitrogens is 4. The maximum atomic E-state index is 13.2. The molecular formula is C22H27N5O2. The van der Waals surface area contributed by atoms with Gasteiger partial charge in [-0.25, -0.2) is 0 Å². The van der Waals surface area contributed by atoms with E-state index in [-0.39, 0.29) is 11.9 Å². The first-order valence-electron chi connectivity index (χ1n) is 9.93. The van der Waals surface area contributed by atoms with Crippen LogP contribution in [0.15, 0.2) is 36.4 Å². The lowest BCUT2D eigenvalue weighted by Crippen LogP contribution is -2.44. The predicted molar refractivity (Wildman–Crippen MR) is 110 cm³/mol. The second kappa shape index (κ2) is 7.83. The van der Waals surface area contributed by atoms with E-state index in [2.05, 4.69) is 24.2 Å². The smallest absolute Gasteiger partial charge is 0.275 e. The number of rotatable bonds is 4. The minimum absolute atomic E-state index is 0.0587. The molecule has 2 aromatic heterocycles. The summed E-state index contributed by atoms with van der Waals surface area (Å²) in [6.07, 6.45) is 0. The van der Waals surface area contributed by atoms with E-state index in [9.17, 15) is 4.79 Å². The first-order valence-corrected chi connectivity index (χ1v) is 9.93. The van der Waals surface area contributed by atoms with Crippen molar-refractivity contribution in [2.24, 2.45) is 7.05 Å². The van der Waals surface area contributed by atoms with Crippen molar-refractivity contribution in [1.29, 1.82) is 0 Å². The van der Waals surface area contributed by atoms with Crippen LogP contribution in [0.3, 0.4) is 0 Å². The highest BCUT2D eigenvalue weighted by Crippen LogP contribution is 2.31. The topological polar surface area (TPSA) is 65.2 Å². The molecule has 1 fully saturated rings. The van der Waals surface area contributed by atoms with Crippen LogP contribution in [-0.2, 0) is 18.3 Å². The van der Waals surface area contributed by atoms with Crippen molar-refractivity contribution in [2.45, 2.75) is 33.4 Å². The third kappa shape index (κ3) is 3.70. The Morgan fingerprint density at radius 3 is 2.62 bits per heavy atom. The van der Waals surface area contributed by atoms with Crippen molar-refractivity contribution >= 4 is 5.91 Å². The fraction of sp³-hybridized carbons (Fsp3) is 0.409. The minimum atomic E-state index is -0.164. The molecule has 0 spiro atoms. The molecular weight excluding hydrogens is 366 g/mol. The summed E-state index contributed by atoms with van der Waals surface area (Å²) < 4.78 is 9.51. The van der Waals surface area contributed by atoms with Crippen LogP contribution < -0.4 is 0 Å². The maximum absolute atomic E-state index is 13.2. The Morgan fingerprint density at radius 2 is 1.93 bits per heavy atom. The van der Waals surface area contributed by atoms with E-state index >= 15 is 0 Å². The molecule has 29 heavy (non-hydrogen) atoms. The van der Waals surface area contributed by atoms with Crippen LogP contribution in [0.1, 0.15) is 44.7 Å². The third-order valence-corrected chi connectivity index (χ3v) is 5.67. The summed E-state index contributed by atoms with van der Waals surface area (Å²) in [5, 5.41) is 9.15. The molecule has 3 aromatic rings. The maximum Gasteiger partial charge on any atom is 0.275 e. The van der Waals surface area contributed by atoms with E-state index in [1.165, 1.54) is 5.56 Å². The number of aryl methyl sites for hydroxylation is 3.